The molecule has 2 aromatic rings. The van der Waals surface area contributed by atoms with Crippen molar-refractivity contribution in [3.8, 4) is 0 Å². The Labute approximate surface area is 171 Å². The quantitative estimate of drug-likeness (QED) is 0.776. The van der Waals surface area contributed by atoms with Gasteiger partial charge >= 0.3 is 0 Å². The van der Waals surface area contributed by atoms with Gasteiger partial charge in [-0.25, -0.2) is 4.98 Å². The van der Waals surface area contributed by atoms with Gasteiger partial charge in [-0.3, -0.25) is 9.69 Å². The SMILES string of the molecule is COCCn1cnc2cc(C(=O)N(C)[C@@H]3CC[C@@H](N4CCOCC4)[C@@H]3O)ccc21. The summed E-state index contributed by atoms with van der Waals surface area (Å²) in [6, 6.07) is 5.52. The first-order valence-electron chi connectivity index (χ1n) is 10.3. The molecule has 158 valence electrons. The van der Waals surface area contributed by atoms with E-state index in [0.29, 0.717) is 25.4 Å². The van der Waals surface area contributed by atoms with Gasteiger partial charge in [0.1, 0.15) is 0 Å². The average Bonchev–Trinajstić information content (AvgIpc) is 3.34. The predicted molar refractivity (Wildman–Crippen MR) is 109 cm³/mol. The number of methoxy groups -OCH3 is 1. The molecule has 1 aliphatic carbocycles. The lowest BCUT2D eigenvalue weighted by atomic mass is 10.1. The van der Waals surface area contributed by atoms with E-state index in [1.807, 2.05) is 22.8 Å². The Morgan fingerprint density at radius 3 is 2.90 bits per heavy atom. The second-order valence-electron chi connectivity index (χ2n) is 7.90. The molecule has 2 heterocycles. The normalized spacial score (nSPS) is 25.6. The molecule has 1 aromatic carbocycles. The number of carbonyl (C=O) groups is 1. The van der Waals surface area contributed by atoms with Gasteiger partial charge in [0.05, 0.1) is 49.3 Å². The van der Waals surface area contributed by atoms with Crippen LogP contribution in [0.25, 0.3) is 11.0 Å². The average molecular weight is 402 g/mol. The third-order valence-corrected chi connectivity index (χ3v) is 6.28. The van der Waals surface area contributed by atoms with Crippen molar-refractivity contribution in [2.24, 2.45) is 0 Å². The summed E-state index contributed by atoms with van der Waals surface area (Å²) in [7, 11) is 3.46. The molecular weight excluding hydrogens is 372 g/mol. The maximum atomic E-state index is 13.1. The van der Waals surface area contributed by atoms with Crippen LogP contribution >= 0.6 is 0 Å². The summed E-state index contributed by atoms with van der Waals surface area (Å²) in [5, 5.41) is 10.9. The van der Waals surface area contributed by atoms with Crippen molar-refractivity contribution in [2.75, 3.05) is 47.1 Å². The van der Waals surface area contributed by atoms with E-state index in [1.165, 1.54) is 0 Å². The maximum Gasteiger partial charge on any atom is 0.254 e. The van der Waals surface area contributed by atoms with Crippen molar-refractivity contribution in [1.82, 2.24) is 19.4 Å². The van der Waals surface area contributed by atoms with E-state index in [-0.39, 0.29) is 18.0 Å². The number of aromatic nitrogens is 2. The zero-order chi connectivity index (χ0) is 20.4. The van der Waals surface area contributed by atoms with Crippen LogP contribution in [-0.2, 0) is 16.0 Å². The smallest absolute Gasteiger partial charge is 0.254 e. The molecule has 8 nitrogen and oxygen atoms in total. The van der Waals surface area contributed by atoms with Crippen molar-refractivity contribution >= 4 is 16.9 Å². The second kappa shape index (κ2) is 8.79. The van der Waals surface area contributed by atoms with E-state index in [2.05, 4.69) is 9.88 Å². The number of benzene rings is 1. The zero-order valence-corrected chi connectivity index (χ0v) is 17.2. The predicted octanol–water partition coefficient (Wildman–Crippen LogP) is 0.979. The molecule has 1 amide bonds. The molecule has 1 aromatic heterocycles. The van der Waals surface area contributed by atoms with Gasteiger partial charge in [-0.1, -0.05) is 0 Å². The standard InChI is InChI=1S/C21H30N4O4/c1-23(18-5-6-19(20(18)26)24-8-11-29-12-9-24)21(27)15-3-4-17-16(13-15)22-14-25(17)7-10-28-2/h3-4,13-14,18-20,26H,5-12H2,1-2H3/t18-,19-,20-/m1/s1. The van der Waals surface area contributed by atoms with Gasteiger partial charge in [0.25, 0.3) is 5.91 Å². The van der Waals surface area contributed by atoms with Crippen LogP contribution in [-0.4, -0.2) is 95.6 Å². The summed E-state index contributed by atoms with van der Waals surface area (Å²) in [5.74, 6) is -0.0787. The number of carbonyl (C=O) groups excluding carboxylic acids is 1. The highest BCUT2D eigenvalue weighted by molar-refractivity contribution is 5.97. The van der Waals surface area contributed by atoms with Gasteiger partial charge < -0.3 is 24.0 Å². The van der Waals surface area contributed by atoms with E-state index >= 15 is 0 Å². The molecule has 8 heteroatoms. The first-order valence-corrected chi connectivity index (χ1v) is 10.3. The zero-order valence-electron chi connectivity index (χ0n) is 17.2. The fourth-order valence-electron chi connectivity index (χ4n) is 4.59. The van der Waals surface area contributed by atoms with Crippen LogP contribution in [0.15, 0.2) is 24.5 Å². The fourth-order valence-corrected chi connectivity index (χ4v) is 4.59. The van der Waals surface area contributed by atoms with Crippen LogP contribution < -0.4 is 0 Å². The van der Waals surface area contributed by atoms with Crippen LogP contribution in [0.3, 0.4) is 0 Å². The van der Waals surface area contributed by atoms with Gasteiger partial charge in [-0.2, -0.15) is 0 Å². The van der Waals surface area contributed by atoms with Crippen LogP contribution in [0.1, 0.15) is 23.2 Å². The Kier molecular flexibility index (Phi) is 6.15. The molecule has 29 heavy (non-hydrogen) atoms. The first-order chi connectivity index (χ1) is 14.1. The van der Waals surface area contributed by atoms with Crippen molar-refractivity contribution in [1.29, 1.82) is 0 Å². The minimum atomic E-state index is -0.543. The monoisotopic (exact) mass is 402 g/mol. The summed E-state index contributed by atoms with van der Waals surface area (Å²) in [5.41, 5.74) is 2.37. The molecule has 0 spiro atoms. The lowest BCUT2D eigenvalue weighted by Gasteiger charge is -2.36. The number of nitrogens with zero attached hydrogens (tertiary/aromatic N) is 4. The molecule has 1 saturated heterocycles. The molecule has 2 aliphatic rings. The molecule has 3 atom stereocenters. The Hall–Kier alpha value is -2.00. The molecular formula is C21H30N4O4. The van der Waals surface area contributed by atoms with Crippen molar-refractivity contribution < 1.29 is 19.4 Å². The van der Waals surface area contributed by atoms with Crippen molar-refractivity contribution in [3.63, 3.8) is 0 Å². The van der Waals surface area contributed by atoms with Crippen LogP contribution in [0.4, 0.5) is 0 Å². The second-order valence-corrected chi connectivity index (χ2v) is 7.90. The molecule has 0 radical (unpaired) electrons. The largest absolute Gasteiger partial charge is 0.389 e. The molecule has 0 unspecified atom stereocenters. The Balaban J connectivity index is 1.46. The van der Waals surface area contributed by atoms with Gasteiger partial charge in [0.2, 0.25) is 0 Å². The summed E-state index contributed by atoms with van der Waals surface area (Å²) in [6.07, 6.45) is 2.93. The minimum Gasteiger partial charge on any atom is -0.389 e. The molecule has 2 fully saturated rings. The summed E-state index contributed by atoms with van der Waals surface area (Å²) in [4.78, 5) is 21.5. The van der Waals surface area contributed by atoms with E-state index in [4.69, 9.17) is 9.47 Å². The van der Waals surface area contributed by atoms with E-state index in [1.54, 1.807) is 25.4 Å². The Morgan fingerprint density at radius 2 is 2.14 bits per heavy atom. The lowest BCUT2D eigenvalue weighted by molar-refractivity contribution is -0.0231. The fraction of sp³-hybridized carbons (Fsp3) is 0.619. The number of imidazole rings is 1. The molecule has 1 aliphatic heterocycles. The number of ether oxygens (including phenoxy) is 2. The number of hydrogen-bond donors (Lipinski definition) is 1. The molecule has 0 bridgehead atoms. The number of aliphatic hydroxyl groups is 1. The lowest BCUT2D eigenvalue weighted by Crippen LogP contribution is -2.51. The van der Waals surface area contributed by atoms with Crippen LogP contribution in [0, 0.1) is 0 Å². The molecule has 1 N–H and O–H groups in total. The highest BCUT2D eigenvalue weighted by Crippen LogP contribution is 2.29. The van der Waals surface area contributed by atoms with Crippen LogP contribution in [0.2, 0.25) is 0 Å². The summed E-state index contributed by atoms with van der Waals surface area (Å²) >= 11 is 0. The summed E-state index contributed by atoms with van der Waals surface area (Å²) in [6.45, 7) is 4.43. The summed E-state index contributed by atoms with van der Waals surface area (Å²) < 4.78 is 12.6. The number of rotatable bonds is 6. The number of fused-ring (bicyclic) bond motifs is 1. The van der Waals surface area contributed by atoms with Gasteiger partial charge in [-0.15, -0.1) is 0 Å². The highest BCUT2D eigenvalue weighted by Gasteiger charge is 2.41. The van der Waals surface area contributed by atoms with E-state index in [9.17, 15) is 9.90 Å². The Morgan fingerprint density at radius 1 is 1.34 bits per heavy atom. The van der Waals surface area contributed by atoms with Crippen molar-refractivity contribution in [3.05, 3.63) is 30.1 Å². The first kappa shape index (κ1) is 20.3. The van der Waals surface area contributed by atoms with Gasteiger partial charge in [0, 0.05) is 45.4 Å². The number of hydrogen-bond acceptors (Lipinski definition) is 6. The minimum absolute atomic E-state index is 0.0787. The van der Waals surface area contributed by atoms with E-state index < -0.39 is 6.10 Å². The Bertz CT molecular complexity index is 848. The maximum absolute atomic E-state index is 13.1. The van der Waals surface area contributed by atoms with Gasteiger partial charge in [-0.05, 0) is 31.0 Å². The highest BCUT2D eigenvalue weighted by atomic mass is 16.5. The number of amides is 1. The number of morpholine rings is 1. The molecule has 1 saturated carbocycles. The topological polar surface area (TPSA) is 80.1 Å². The van der Waals surface area contributed by atoms with Gasteiger partial charge in [0.15, 0.2) is 0 Å². The number of likely N-dealkylation sites (N-methyl/N-ethyl adjacent to an activating group) is 1. The van der Waals surface area contributed by atoms with Crippen LogP contribution in [0.5, 0.6) is 0 Å². The third kappa shape index (κ3) is 4.02. The number of aliphatic hydroxyl groups excluding tert-OH is 1. The molecule has 4 rings (SSSR count). The third-order valence-electron chi connectivity index (χ3n) is 6.28. The van der Waals surface area contributed by atoms with Crippen molar-refractivity contribution in [2.45, 2.75) is 37.6 Å². The van der Waals surface area contributed by atoms with E-state index in [0.717, 1.165) is 43.5 Å².